The van der Waals surface area contributed by atoms with Gasteiger partial charge in [0.05, 0.1) is 12.2 Å². The van der Waals surface area contributed by atoms with Crippen LogP contribution in [0.2, 0.25) is 0 Å². The lowest BCUT2D eigenvalue weighted by Crippen LogP contribution is -1.96. The first kappa shape index (κ1) is 18.1. The second-order valence-corrected chi connectivity index (χ2v) is 6.85. The van der Waals surface area contributed by atoms with Gasteiger partial charge in [0.1, 0.15) is 15.8 Å². The van der Waals surface area contributed by atoms with Crippen LogP contribution >= 0.6 is 11.3 Å². The summed E-state index contributed by atoms with van der Waals surface area (Å²) in [6.07, 6.45) is 3.43. The summed E-state index contributed by atoms with van der Waals surface area (Å²) in [4.78, 5) is 10.9. The van der Waals surface area contributed by atoms with Gasteiger partial charge in [-0.05, 0) is 42.8 Å². The van der Waals surface area contributed by atoms with Crippen molar-refractivity contribution < 1.29 is 14.6 Å². The van der Waals surface area contributed by atoms with E-state index in [0.29, 0.717) is 0 Å². The van der Waals surface area contributed by atoms with Gasteiger partial charge in [0.25, 0.3) is 0 Å². The lowest BCUT2D eigenvalue weighted by molar-refractivity contribution is 0.0697. The molecule has 2 aromatic carbocycles. The largest absolute Gasteiger partial charge is 0.494 e. The Morgan fingerprint density at radius 1 is 0.962 bits per heavy atom. The van der Waals surface area contributed by atoms with Gasteiger partial charge < -0.3 is 9.84 Å². The second kappa shape index (κ2) is 8.58. The number of carboxylic acids is 1. The molecule has 134 valence electrons. The van der Waals surface area contributed by atoms with Crippen molar-refractivity contribution in [2.75, 3.05) is 6.61 Å². The number of carboxylic acid groups (broad SMARTS) is 1. The van der Waals surface area contributed by atoms with Gasteiger partial charge in [0.15, 0.2) is 0 Å². The predicted molar refractivity (Wildman–Crippen MR) is 103 cm³/mol. The average molecular weight is 368 g/mol. The normalized spacial score (nSPS) is 10.7. The monoisotopic (exact) mass is 368 g/mol. The van der Waals surface area contributed by atoms with E-state index >= 15 is 0 Å². The highest BCUT2D eigenvalue weighted by Gasteiger charge is 2.10. The summed E-state index contributed by atoms with van der Waals surface area (Å²) in [6, 6.07) is 14.5. The highest BCUT2D eigenvalue weighted by molar-refractivity contribution is 7.17. The first-order valence-corrected chi connectivity index (χ1v) is 9.39. The first-order valence-electron chi connectivity index (χ1n) is 8.58. The quantitative estimate of drug-likeness (QED) is 0.557. The molecule has 0 aliphatic rings. The molecule has 3 rings (SSSR count). The number of rotatable bonds is 8. The number of benzene rings is 2. The number of aromatic nitrogens is 2. The van der Waals surface area contributed by atoms with Crippen molar-refractivity contribution in [1.82, 2.24) is 10.2 Å². The van der Waals surface area contributed by atoms with Gasteiger partial charge >= 0.3 is 5.97 Å². The third-order valence-electron chi connectivity index (χ3n) is 3.92. The minimum atomic E-state index is -0.938. The van der Waals surface area contributed by atoms with Gasteiger partial charge in [-0.3, -0.25) is 0 Å². The summed E-state index contributed by atoms with van der Waals surface area (Å²) in [7, 11) is 0. The van der Waals surface area contributed by atoms with E-state index in [-0.39, 0.29) is 5.56 Å². The van der Waals surface area contributed by atoms with Crippen molar-refractivity contribution in [3.63, 3.8) is 0 Å². The molecule has 6 heteroatoms. The number of carbonyl (C=O) groups is 1. The average Bonchev–Trinajstić information content (AvgIpc) is 3.16. The van der Waals surface area contributed by atoms with Crippen LogP contribution in [0.5, 0.6) is 5.75 Å². The Morgan fingerprint density at radius 3 is 2.08 bits per heavy atom. The van der Waals surface area contributed by atoms with Crippen LogP contribution in [0.4, 0.5) is 0 Å². The lowest BCUT2D eigenvalue weighted by Gasteiger charge is -2.05. The molecular weight excluding hydrogens is 348 g/mol. The molecule has 0 spiro atoms. The molecule has 0 saturated carbocycles. The standard InChI is InChI=1S/C20H20N2O3S/c1-2-3-4-13-25-17-11-9-15(10-12-17)19-22-21-18(26-19)14-5-7-16(8-6-14)20(23)24/h5-12H,2-4,13H2,1H3,(H,23,24). The van der Waals surface area contributed by atoms with Crippen LogP contribution < -0.4 is 4.74 Å². The minimum absolute atomic E-state index is 0.257. The topological polar surface area (TPSA) is 72.3 Å². The smallest absolute Gasteiger partial charge is 0.335 e. The molecule has 26 heavy (non-hydrogen) atoms. The fourth-order valence-corrected chi connectivity index (χ4v) is 3.30. The number of nitrogens with zero attached hydrogens (tertiary/aromatic N) is 2. The van der Waals surface area contributed by atoms with Gasteiger partial charge in [0, 0.05) is 11.1 Å². The summed E-state index contributed by atoms with van der Waals surface area (Å²) < 4.78 is 5.72. The Hall–Kier alpha value is -2.73. The summed E-state index contributed by atoms with van der Waals surface area (Å²) in [5.41, 5.74) is 2.10. The van der Waals surface area contributed by atoms with Crippen LogP contribution in [0.15, 0.2) is 48.5 Å². The third-order valence-corrected chi connectivity index (χ3v) is 4.94. The molecular formula is C20H20N2O3S. The molecule has 0 unspecified atom stereocenters. The zero-order valence-corrected chi connectivity index (χ0v) is 15.3. The molecule has 1 heterocycles. The van der Waals surface area contributed by atoms with E-state index in [1.54, 1.807) is 24.3 Å². The second-order valence-electron chi connectivity index (χ2n) is 5.87. The van der Waals surface area contributed by atoms with Crippen LogP contribution in [-0.2, 0) is 0 Å². The molecule has 0 amide bonds. The maximum Gasteiger partial charge on any atom is 0.335 e. The van der Waals surface area contributed by atoms with Crippen LogP contribution in [0, 0.1) is 0 Å². The zero-order chi connectivity index (χ0) is 18.4. The van der Waals surface area contributed by atoms with E-state index in [9.17, 15) is 4.79 Å². The molecule has 0 aliphatic carbocycles. The molecule has 1 N–H and O–H groups in total. The molecule has 0 radical (unpaired) electrons. The maximum absolute atomic E-state index is 10.9. The first-order chi connectivity index (χ1) is 12.7. The van der Waals surface area contributed by atoms with Gasteiger partial charge in [-0.15, -0.1) is 10.2 Å². The molecule has 5 nitrogen and oxygen atoms in total. The van der Waals surface area contributed by atoms with Crippen molar-refractivity contribution in [3.05, 3.63) is 54.1 Å². The van der Waals surface area contributed by atoms with Gasteiger partial charge in [-0.1, -0.05) is 43.2 Å². The summed E-state index contributed by atoms with van der Waals surface area (Å²) in [6.45, 7) is 2.91. The van der Waals surface area contributed by atoms with Crippen molar-refractivity contribution in [3.8, 4) is 26.9 Å². The van der Waals surface area contributed by atoms with Crippen LogP contribution in [0.25, 0.3) is 21.1 Å². The molecule has 0 saturated heterocycles. The number of unbranched alkanes of at least 4 members (excludes halogenated alkanes) is 2. The van der Waals surface area contributed by atoms with Crippen LogP contribution in [-0.4, -0.2) is 27.9 Å². The van der Waals surface area contributed by atoms with E-state index < -0.39 is 5.97 Å². The number of hydrogen-bond acceptors (Lipinski definition) is 5. The Labute approximate surface area is 156 Å². The fourth-order valence-electron chi connectivity index (χ4n) is 2.45. The molecule has 0 aliphatic heterocycles. The zero-order valence-electron chi connectivity index (χ0n) is 14.5. The Morgan fingerprint density at radius 2 is 1.54 bits per heavy atom. The molecule has 0 fully saturated rings. The number of aromatic carboxylic acids is 1. The van der Waals surface area contributed by atoms with Gasteiger partial charge in [-0.2, -0.15) is 0 Å². The molecule has 3 aromatic rings. The summed E-state index contributed by atoms with van der Waals surface area (Å²) in [5, 5.41) is 19.0. The highest BCUT2D eigenvalue weighted by atomic mass is 32.1. The lowest BCUT2D eigenvalue weighted by atomic mass is 10.1. The molecule has 1 aromatic heterocycles. The number of hydrogen-bond donors (Lipinski definition) is 1. The third kappa shape index (κ3) is 4.46. The van der Waals surface area contributed by atoms with Gasteiger partial charge in [-0.25, -0.2) is 4.79 Å². The molecule has 0 bridgehead atoms. The van der Waals surface area contributed by atoms with Gasteiger partial charge in [0.2, 0.25) is 0 Å². The van der Waals surface area contributed by atoms with E-state index in [1.165, 1.54) is 24.2 Å². The Kier molecular flexibility index (Phi) is 5.96. The predicted octanol–water partition coefficient (Wildman–Crippen LogP) is 5.14. The van der Waals surface area contributed by atoms with Crippen molar-refractivity contribution in [1.29, 1.82) is 0 Å². The summed E-state index contributed by atoms with van der Waals surface area (Å²) >= 11 is 1.47. The maximum atomic E-state index is 10.9. The van der Waals surface area contributed by atoms with Crippen LogP contribution in [0.3, 0.4) is 0 Å². The van der Waals surface area contributed by atoms with Crippen molar-refractivity contribution >= 4 is 17.3 Å². The fraction of sp³-hybridized carbons (Fsp3) is 0.250. The Bertz CT molecular complexity index is 858. The highest BCUT2D eigenvalue weighted by Crippen LogP contribution is 2.31. The van der Waals surface area contributed by atoms with E-state index in [4.69, 9.17) is 9.84 Å². The van der Waals surface area contributed by atoms with Crippen LogP contribution in [0.1, 0.15) is 36.5 Å². The number of ether oxygens (including phenoxy) is 1. The van der Waals surface area contributed by atoms with Crippen molar-refractivity contribution in [2.24, 2.45) is 0 Å². The summed E-state index contributed by atoms with van der Waals surface area (Å²) in [5.74, 6) is -0.0784. The Balaban J connectivity index is 1.68. The SMILES string of the molecule is CCCCCOc1ccc(-c2nnc(-c3ccc(C(=O)O)cc3)s2)cc1. The minimum Gasteiger partial charge on any atom is -0.494 e. The van der Waals surface area contributed by atoms with E-state index in [1.807, 2.05) is 24.3 Å². The van der Waals surface area contributed by atoms with Crippen molar-refractivity contribution in [2.45, 2.75) is 26.2 Å². The molecule has 0 atom stereocenters. The van der Waals surface area contributed by atoms with E-state index in [0.717, 1.165) is 39.9 Å². The van der Waals surface area contributed by atoms with E-state index in [2.05, 4.69) is 17.1 Å².